The highest BCUT2D eigenvalue weighted by atomic mass is 16.5. The summed E-state index contributed by atoms with van der Waals surface area (Å²) in [5, 5.41) is 2.97. The molecule has 7 heteroatoms. The number of likely N-dealkylation sites (N-methyl/N-ethyl adjacent to an activating group) is 1. The van der Waals surface area contributed by atoms with Crippen LogP contribution in [0.2, 0.25) is 0 Å². The van der Waals surface area contributed by atoms with Crippen molar-refractivity contribution in [3.8, 4) is 5.75 Å². The Morgan fingerprint density at radius 1 is 1.00 bits per heavy atom. The highest BCUT2D eigenvalue weighted by molar-refractivity contribution is 6.06. The summed E-state index contributed by atoms with van der Waals surface area (Å²) in [4.78, 5) is 31.1. The molecule has 0 radical (unpaired) electrons. The standard InChI is InChI=1S/C24H36N4O3/c1-18-22(25-2)24(30)28(23(18)29)13-7-12-26-14-16-27(17-15-26)20-10-5-6-11-21(20)31-19-8-3-4-9-19/h5-6,10-11,18-19,22,25H,3-4,7-9,12-17H2,1-2H3. The van der Waals surface area contributed by atoms with Gasteiger partial charge in [0.15, 0.2) is 0 Å². The molecular weight excluding hydrogens is 392 g/mol. The lowest BCUT2D eigenvalue weighted by Gasteiger charge is -2.37. The number of piperazine rings is 1. The smallest absolute Gasteiger partial charge is 0.247 e. The molecule has 31 heavy (non-hydrogen) atoms. The van der Waals surface area contributed by atoms with Gasteiger partial charge in [-0.25, -0.2) is 0 Å². The van der Waals surface area contributed by atoms with Gasteiger partial charge in [0, 0.05) is 32.7 Å². The van der Waals surface area contributed by atoms with E-state index in [1.54, 1.807) is 7.05 Å². The summed E-state index contributed by atoms with van der Waals surface area (Å²) < 4.78 is 6.33. The molecule has 1 saturated carbocycles. The molecule has 3 fully saturated rings. The Morgan fingerprint density at radius 3 is 2.39 bits per heavy atom. The fourth-order valence-corrected chi connectivity index (χ4v) is 5.14. The van der Waals surface area contributed by atoms with E-state index in [1.165, 1.54) is 23.4 Å². The predicted molar refractivity (Wildman–Crippen MR) is 121 cm³/mol. The van der Waals surface area contributed by atoms with Crippen molar-refractivity contribution in [3.05, 3.63) is 24.3 Å². The van der Waals surface area contributed by atoms with Gasteiger partial charge < -0.3 is 15.0 Å². The highest BCUT2D eigenvalue weighted by Crippen LogP contribution is 2.32. The van der Waals surface area contributed by atoms with Crippen LogP contribution < -0.4 is 15.0 Å². The molecule has 2 unspecified atom stereocenters. The van der Waals surface area contributed by atoms with E-state index in [0.717, 1.165) is 57.7 Å². The minimum absolute atomic E-state index is 0.0481. The summed E-state index contributed by atoms with van der Waals surface area (Å²) in [6.45, 7) is 7.14. The van der Waals surface area contributed by atoms with E-state index in [1.807, 2.05) is 6.92 Å². The number of nitrogens with zero attached hydrogens (tertiary/aromatic N) is 3. The lowest BCUT2D eigenvalue weighted by Crippen LogP contribution is -2.47. The molecule has 1 aromatic carbocycles. The van der Waals surface area contributed by atoms with E-state index in [2.05, 4.69) is 39.4 Å². The molecule has 1 aromatic rings. The molecule has 2 heterocycles. The molecule has 2 atom stereocenters. The number of rotatable bonds is 8. The van der Waals surface area contributed by atoms with Crippen molar-refractivity contribution in [2.45, 2.75) is 51.2 Å². The van der Waals surface area contributed by atoms with E-state index in [-0.39, 0.29) is 23.8 Å². The third kappa shape index (κ3) is 4.88. The van der Waals surface area contributed by atoms with Gasteiger partial charge in [0.2, 0.25) is 11.8 Å². The molecule has 2 amide bonds. The Hall–Kier alpha value is -2.12. The lowest BCUT2D eigenvalue weighted by atomic mass is 10.1. The van der Waals surface area contributed by atoms with E-state index in [0.29, 0.717) is 12.6 Å². The zero-order valence-electron chi connectivity index (χ0n) is 18.9. The predicted octanol–water partition coefficient (Wildman–Crippen LogP) is 2.11. The van der Waals surface area contributed by atoms with E-state index in [4.69, 9.17) is 4.74 Å². The van der Waals surface area contributed by atoms with Gasteiger partial charge in [0.25, 0.3) is 0 Å². The molecule has 4 rings (SSSR count). The molecule has 2 aliphatic heterocycles. The second-order valence-corrected chi connectivity index (χ2v) is 9.06. The zero-order valence-corrected chi connectivity index (χ0v) is 18.9. The van der Waals surface area contributed by atoms with Crippen molar-refractivity contribution >= 4 is 17.5 Å². The average Bonchev–Trinajstić information content (AvgIpc) is 3.37. The quantitative estimate of drug-likeness (QED) is 0.640. The first-order chi connectivity index (χ1) is 15.1. The number of anilines is 1. The van der Waals surface area contributed by atoms with Crippen molar-refractivity contribution in [3.63, 3.8) is 0 Å². The topological polar surface area (TPSA) is 65.1 Å². The van der Waals surface area contributed by atoms with Crippen LogP contribution in [0.25, 0.3) is 0 Å². The molecule has 0 aromatic heterocycles. The molecule has 1 aliphatic carbocycles. The Morgan fingerprint density at radius 2 is 1.71 bits per heavy atom. The molecule has 0 bridgehead atoms. The second kappa shape index (κ2) is 10.0. The van der Waals surface area contributed by atoms with Gasteiger partial charge in [0.05, 0.1) is 23.8 Å². The van der Waals surface area contributed by atoms with E-state index >= 15 is 0 Å². The largest absolute Gasteiger partial charge is 0.488 e. The first-order valence-corrected chi connectivity index (χ1v) is 11.8. The fraction of sp³-hybridized carbons (Fsp3) is 0.667. The van der Waals surface area contributed by atoms with Gasteiger partial charge in [-0.3, -0.25) is 19.4 Å². The Bertz CT molecular complexity index is 772. The number of para-hydroxylation sites is 2. The van der Waals surface area contributed by atoms with Crippen molar-refractivity contribution < 1.29 is 14.3 Å². The van der Waals surface area contributed by atoms with Gasteiger partial charge in [-0.05, 0) is 57.8 Å². The number of nitrogens with one attached hydrogen (secondary N) is 1. The Kier molecular flexibility index (Phi) is 7.13. The van der Waals surface area contributed by atoms with Crippen LogP contribution in [0.5, 0.6) is 5.75 Å². The lowest BCUT2D eigenvalue weighted by molar-refractivity contribution is -0.139. The molecule has 0 spiro atoms. The van der Waals surface area contributed by atoms with Crippen molar-refractivity contribution in [2.24, 2.45) is 5.92 Å². The summed E-state index contributed by atoms with van der Waals surface area (Å²) >= 11 is 0. The first-order valence-electron chi connectivity index (χ1n) is 11.8. The third-order valence-electron chi connectivity index (χ3n) is 7.03. The van der Waals surface area contributed by atoms with Gasteiger partial charge in [-0.1, -0.05) is 19.1 Å². The normalized spacial score (nSPS) is 25.6. The van der Waals surface area contributed by atoms with Crippen LogP contribution in [0, 0.1) is 5.92 Å². The summed E-state index contributed by atoms with van der Waals surface area (Å²) in [5.41, 5.74) is 1.20. The van der Waals surface area contributed by atoms with Crippen molar-refractivity contribution in [1.82, 2.24) is 15.1 Å². The Balaban J connectivity index is 1.24. The number of amides is 2. The van der Waals surface area contributed by atoms with Gasteiger partial charge in [-0.2, -0.15) is 0 Å². The summed E-state index contributed by atoms with van der Waals surface area (Å²) in [7, 11) is 1.74. The van der Waals surface area contributed by atoms with Gasteiger partial charge >= 0.3 is 0 Å². The fourth-order valence-electron chi connectivity index (χ4n) is 5.14. The monoisotopic (exact) mass is 428 g/mol. The van der Waals surface area contributed by atoms with Crippen LogP contribution >= 0.6 is 0 Å². The SMILES string of the molecule is CNC1C(=O)N(CCCN2CCN(c3ccccc3OC3CCCC3)CC2)C(=O)C1C. The van der Waals surface area contributed by atoms with E-state index in [9.17, 15) is 9.59 Å². The maximum Gasteiger partial charge on any atom is 0.247 e. The summed E-state index contributed by atoms with van der Waals surface area (Å²) in [5.74, 6) is 0.617. The number of imide groups is 1. The first kappa shape index (κ1) is 22.1. The molecule has 3 aliphatic rings. The summed E-state index contributed by atoms with van der Waals surface area (Å²) in [6.07, 6.45) is 6.06. The van der Waals surface area contributed by atoms with Crippen molar-refractivity contribution in [1.29, 1.82) is 0 Å². The number of carbonyl (C=O) groups excluding carboxylic acids is 2. The number of hydrogen-bond donors (Lipinski definition) is 1. The van der Waals surface area contributed by atoms with Crippen LogP contribution in [0.1, 0.15) is 39.0 Å². The number of ether oxygens (including phenoxy) is 1. The van der Waals surface area contributed by atoms with Crippen LogP contribution in [0.3, 0.4) is 0 Å². The maximum absolute atomic E-state index is 12.4. The minimum Gasteiger partial charge on any atom is -0.488 e. The second-order valence-electron chi connectivity index (χ2n) is 9.06. The molecule has 7 nitrogen and oxygen atoms in total. The van der Waals surface area contributed by atoms with Crippen LogP contribution in [-0.4, -0.2) is 80.1 Å². The number of hydrogen-bond acceptors (Lipinski definition) is 6. The van der Waals surface area contributed by atoms with Crippen LogP contribution in [-0.2, 0) is 9.59 Å². The molecule has 1 N–H and O–H groups in total. The highest BCUT2D eigenvalue weighted by Gasteiger charge is 2.43. The van der Waals surface area contributed by atoms with Crippen LogP contribution in [0.15, 0.2) is 24.3 Å². The molecular formula is C24H36N4O3. The molecule has 2 saturated heterocycles. The van der Waals surface area contributed by atoms with Crippen LogP contribution in [0.4, 0.5) is 5.69 Å². The summed E-state index contributed by atoms with van der Waals surface area (Å²) in [6, 6.07) is 8.05. The maximum atomic E-state index is 12.4. The number of benzene rings is 1. The minimum atomic E-state index is -0.373. The van der Waals surface area contributed by atoms with Gasteiger partial charge in [-0.15, -0.1) is 0 Å². The van der Waals surface area contributed by atoms with E-state index < -0.39 is 0 Å². The number of carbonyl (C=O) groups is 2. The zero-order chi connectivity index (χ0) is 21.8. The van der Waals surface area contributed by atoms with Gasteiger partial charge in [0.1, 0.15) is 5.75 Å². The average molecular weight is 429 g/mol. The van der Waals surface area contributed by atoms with Crippen molar-refractivity contribution in [2.75, 3.05) is 51.2 Å². The molecule has 170 valence electrons. The third-order valence-corrected chi connectivity index (χ3v) is 7.03. The Labute approximate surface area is 185 Å². The number of likely N-dealkylation sites (tertiary alicyclic amines) is 1.